The molecule has 1 N–H and O–H groups in total. The Hall–Kier alpha value is -0.160. The fourth-order valence-electron chi connectivity index (χ4n) is 4.14. The molecule has 122 valence electrons. The number of piperidine rings is 1. The van der Waals surface area contributed by atoms with Gasteiger partial charge in [0.2, 0.25) is 0 Å². The van der Waals surface area contributed by atoms with Crippen LogP contribution in [0.5, 0.6) is 0 Å². The Kier molecular flexibility index (Phi) is 5.54. The quantitative estimate of drug-likeness (QED) is 0.816. The maximum atomic E-state index is 6.29. The summed E-state index contributed by atoms with van der Waals surface area (Å²) < 4.78 is 12.3. The minimum absolute atomic E-state index is 0.203. The molecule has 0 aromatic heterocycles. The lowest BCUT2D eigenvalue weighted by molar-refractivity contribution is -0.163. The van der Waals surface area contributed by atoms with E-state index in [1.54, 1.807) is 0 Å². The smallest absolute Gasteiger partial charge is 0.168 e. The summed E-state index contributed by atoms with van der Waals surface area (Å²) in [6, 6.07) is 0.674. The summed E-state index contributed by atoms with van der Waals surface area (Å²) in [6.45, 7) is 7.63. The van der Waals surface area contributed by atoms with Gasteiger partial charge < -0.3 is 14.8 Å². The number of nitrogens with zero attached hydrogens (tertiary/aromatic N) is 1. The van der Waals surface area contributed by atoms with Gasteiger partial charge in [0.05, 0.1) is 12.7 Å². The highest BCUT2D eigenvalue weighted by Crippen LogP contribution is 2.39. The fraction of sp³-hybridized carbons (Fsp3) is 1.00. The average molecular weight is 296 g/mol. The Morgan fingerprint density at radius 1 is 1.14 bits per heavy atom. The molecule has 21 heavy (non-hydrogen) atoms. The predicted octanol–water partition coefficient (Wildman–Crippen LogP) is 2.53. The number of rotatable bonds is 6. The van der Waals surface area contributed by atoms with Crippen LogP contribution in [-0.4, -0.2) is 55.6 Å². The summed E-state index contributed by atoms with van der Waals surface area (Å²) in [4.78, 5) is 2.59. The van der Waals surface area contributed by atoms with Crippen molar-refractivity contribution in [2.24, 2.45) is 0 Å². The number of hydrogen-bond acceptors (Lipinski definition) is 4. The molecule has 0 amide bonds. The van der Waals surface area contributed by atoms with Crippen molar-refractivity contribution in [3.63, 3.8) is 0 Å². The van der Waals surface area contributed by atoms with Crippen LogP contribution in [0, 0.1) is 0 Å². The maximum absolute atomic E-state index is 6.29. The van der Waals surface area contributed by atoms with Gasteiger partial charge in [-0.3, -0.25) is 4.90 Å². The van der Waals surface area contributed by atoms with Crippen molar-refractivity contribution >= 4 is 0 Å². The second-order valence-electron chi connectivity index (χ2n) is 7.08. The lowest BCUT2D eigenvalue weighted by atomic mass is 10.0. The molecular weight excluding hydrogens is 264 g/mol. The summed E-state index contributed by atoms with van der Waals surface area (Å²) in [5.74, 6) is -0.203. The number of nitrogens with one attached hydrogen (secondary N) is 1. The van der Waals surface area contributed by atoms with Gasteiger partial charge in [-0.15, -0.1) is 0 Å². The van der Waals surface area contributed by atoms with E-state index in [4.69, 9.17) is 9.47 Å². The van der Waals surface area contributed by atoms with E-state index in [2.05, 4.69) is 17.1 Å². The van der Waals surface area contributed by atoms with Gasteiger partial charge in [0, 0.05) is 32.0 Å². The third-order valence-corrected chi connectivity index (χ3v) is 5.17. The molecule has 2 heterocycles. The summed E-state index contributed by atoms with van der Waals surface area (Å²) in [7, 11) is 0. The zero-order chi connectivity index (χ0) is 14.5. The molecule has 2 saturated heterocycles. The zero-order valence-electron chi connectivity index (χ0n) is 13.6. The summed E-state index contributed by atoms with van der Waals surface area (Å²) in [5, 5.41) is 3.67. The summed E-state index contributed by atoms with van der Waals surface area (Å²) >= 11 is 0. The normalized spacial score (nSPS) is 32.3. The SMILES string of the molecule is CCCN(CC1CCCCN1)CC1COC2(CCCC2)O1. The highest BCUT2D eigenvalue weighted by molar-refractivity contribution is 4.86. The van der Waals surface area contributed by atoms with Crippen LogP contribution in [0.2, 0.25) is 0 Å². The molecule has 1 aliphatic carbocycles. The van der Waals surface area contributed by atoms with Crippen LogP contribution in [0.25, 0.3) is 0 Å². The van der Waals surface area contributed by atoms with E-state index >= 15 is 0 Å². The molecule has 0 aromatic rings. The monoisotopic (exact) mass is 296 g/mol. The van der Waals surface area contributed by atoms with E-state index in [1.807, 2.05) is 0 Å². The predicted molar refractivity (Wildman–Crippen MR) is 84.4 cm³/mol. The molecule has 1 spiro atoms. The van der Waals surface area contributed by atoms with Crippen LogP contribution in [0.1, 0.15) is 58.3 Å². The van der Waals surface area contributed by atoms with E-state index in [0.717, 1.165) is 26.0 Å². The molecule has 2 atom stereocenters. The third-order valence-electron chi connectivity index (χ3n) is 5.17. The van der Waals surface area contributed by atoms with Crippen molar-refractivity contribution in [3.05, 3.63) is 0 Å². The Bertz CT molecular complexity index is 312. The minimum atomic E-state index is -0.203. The van der Waals surface area contributed by atoms with Crippen molar-refractivity contribution in [2.45, 2.75) is 76.2 Å². The van der Waals surface area contributed by atoms with Crippen LogP contribution in [0.3, 0.4) is 0 Å². The van der Waals surface area contributed by atoms with Crippen molar-refractivity contribution in [2.75, 3.05) is 32.8 Å². The fourth-order valence-corrected chi connectivity index (χ4v) is 4.14. The second kappa shape index (κ2) is 7.40. The first-order valence-electron chi connectivity index (χ1n) is 9.07. The first-order chi connectivity index (χ1) is 10.3. The van der Waals surface area contributed by atoms with Gasteiger partial charge in [-0.25, -0.2) is 0 Å². The van der Waals surface area contributed by atoms with Crippen LogP contribution in [-0.2, 0) is 9.47 Å². The molecule has 0 radical (unpaired) electrons. The minimum Gasteiger partial charge on any atom is -0.347 e. The second-order valence-corrected chi connectivity index (χ2v) is 7.08. The van der Waals surface area contributed by atoms with Gasteiger partial charge in [0.1, 0.15) is 0 Å². The van der Waals surface area contributed by atoms with Gasteiger partial charge in [-0.1, -0.05) is 13.3 Å². The van der Waals surface area contributed by atoms with E-state index in [0.29, 0.717) is 6.04 Å². The van der Waals surface area contributed by atoms with Gasteiger partial charge >= 0.3 is 0 Å². The molecule has 3 rings (SSSR count). The number of ether oxygens (including phenoxy) is 2. The average Bonchev–Trinajstić information content (AvgIpc) is 3.11. The van der Waals surface area contributed by atoms with Crippen LogP contribution >= 0.6 is 0 Å². The van der Waals surface area contributed by atoms with Crippen molar-refractivity contribution in [3.8, 4) is 0 Å². The molecule has 4 nitrogen and oxygen atoms in total. The molecule has 2 unspecified atom stereocenters. The topological polar surface area (TPSA) is 33.7 Å². The van der Waals surface area contributed by atoms with Crippen LogP contribution in [0.4, 0.5) is 0 Å². The first-order valence-corrected chi connectivity index (χ1v) is 9.07. The highest BCUT2D eigenvalue weighted by atomic mass is 16.7. The molecule has 0 bridgehead atoms. The Morgan fingerprint density at radius 2 is 2.00 bits per heavy atom. The Balaban J connectivity index is 1.48. The molecular formula is C17H32N2O2. The number of hydrogen-bond donors (Lipinski definition) is 1. The first kappa shape index (κ1) is 15.7. The van der Waals surface area contributed by atoms with Crippen molar-refractivity contribution in [1.82, 2.24) is 10.2 Å². The van der Waals surface area contributed by atoms with Crippen LogP contribution < -0.4 is 5.32 Å². The molecule has 4 heteroatoms. The van der Waals surface area contributed by atoms with E-state index in [9.17, 15) is 0 Å². The standard InChI is InChI=1S/C17H32N2O2/c1-2-11-19(12-15-7-3-6-10-18-15)13-16-14-20-17(21-16)8-4-5-9-17/h15-16,18H,2-14H2,1H3. The van der Waals surface area contributed by atoms with E-state index in [1.165, 1.54) is 58.2 Å². The van der Waals surface area contributed by atoms with Crippen molar-refractivity contribution < 1.29 is 9.47 Å². The Morgan fingerprint density at radius 3 is 2.71 bits per heavy atom. The highest BCUT2D eigenvalue weighted by Gasteiger charge is 2.43. The molecule has 1 saturated carbocycles. The van der Waals surface area contributed by atoms with Gasteiger partial charge in [-0.05, 0) is 45.2 Å². The molecule has 3 fully saturated rings. The van der Waals surface area contributed by atoms with Crippen LogP contribution in [0.15, 0.2) is 0 Å². The lowest BCUT2D eigenvalue weighted by Crippen LogP contribution is -2.46. The van der Waals surface area contributed by atoms with Gasteiger partial charge in [0.25, 0.3) is 0 Å². The molecule has 0 aromatic carbocycles. The Labute approximate surface area is 129 Å². The summed E-state index contributed by atoms with van der Waals surface area (Å²) in [5.41, 5.74) is 0. The lowest BCUT2D eigenvalue weighted by Gasteiger charge is -2.32. The third kappa shape index (κ3) is 4.19. The van der Waals surface area contributed by atoms with E-state index < -0.39 is 0 Å². The van der Waals surface area contributed by atoms with Gasteiger partial charge in [0.15, 0.2) is 5.79 Å². The molecule has 3 aliphatic rings. The molecule has 2 aliphatic heterocycles. The van der Waals surface area contributed by atoms with Crippen molar-refractivity contribution in [1.29, 1.82) is 0 Å². The maximum Gasteiger partial charge on any atom is 0.168 e. The van der Waals surface area contributed by atoms with Gasteiger partial charge in [-0.2, -0.15) is 0 Å². The van der Waals surface area contributed by atoms with E-state index in [-0.39, 0.29) is 11.9 Å². The summed E-state index contributed by atoms with van der Waals surface area (Å²) in [6.07, 6.45) is 10.3. The zero-order valence-corrected chi connectivity index (χ0v) is 13.6. The largest absolute Gasteiger partial charge is 0.347 e.